The summed E-state index contributed by atoms with van der Waals surface area (Å²) in [5, 5.41) is 11.4. The van der Waals surface area contributed by atoms with Crippen LogP contribution in [0.1, 0.15) is 30.4 Å². The number of hydrogen-bond acceptors (Lipinski definition) is 5. The smallest absolute Gasteiger partial charge is 0.475 e. The van der Waals surface area contributed by atoms with Gasteiger partial charge >= 0.3 is 12.1 Å². The number of benzene rings is 1. The third-order valence-corrected chi connectivity index (χ3v) is 5.68. The van der Waals surface area contributed by atoms with Gasteiger partial charge in [-0.3, -0.25) is 9.58 Å². The second-order valence-corrected chi connectivity index (χ2v) is 8.22. The molecule has 176 valence electrons. The number of aryl methyl sites for hydroxylation is 1. The van der Waals surface area contributed by atoms with Crippen LogP contribution in [0.3, 0.4) is 0 Å². The highest BCUT2D eigenvalue weighted by molar-refractivity contribution is 5.73. The number of carboxylic acids is 1. The Morgan fingerprint density at radius 2 is 1.91 bits per heavy atom. The minimum Gasteiger partial charge on any atom is -0.475 e. The van der Waals surface area contributed by atoms with Gasteiger partial charge in [-0.25, -0.2) is 4.79 Å². The molecule has 1 spiro atoms. The number of aromatic nitrogens is 2. The molecular formula is C22H28F3N3O4. The highest BCUT2D eigenvalue weighted by Gasteiger charge is 2.43. The second-order valence-electron chi connectivity index (χ2n) is 8.22. The van der Waals surface area contributed by atoms with Gasteiger partial charge in [-0.05, 0) is 18.4 Å². The minimum atomic E-state index is -5.08. The van der Waals surface area contributed by atoms with Gasteiger partial charge in [0, 0.05) is 44.9 Å². The standard InChI is InChI=1S/C20H27N3O2.C2HF3O2/c1-22-13-18(12-21-22)14-23-9-7-20(8-10-23)11-19(16-25-20)24-15-17-5-3-2-4-6-17;3-2(4,5)1(6)7/h2-6,12-13,19H,7-11,14-16H2,1H3;(H,6,7). The van der Waals surface area contributed by atoms with Gasteiger partial charge in [0.2, 0.25) is 0 Å². The molecule has 1 atom stereocenters. The Morgan fingerprint density at radius 1 is 1.25 bits per heavy atom. The Morgan fingerprint density at radius 3 is 2.47 bits per heavy atom. The molecule has 1 unspecified atom stereocenters. The number of ether oxygens (including phenoxy) is 2. The van der Waals surface area contributed by atoms with Crippen LogP contribution in [-0.4, -0.2) is 63.3 Å². The van der Waals surface area contributed by atoms with E-state index in [1.165, 1.54) is 11.1 Å². The Hall–Kier alpha value is -2.43. The highest BCUT2D eigenvalue weighted by atomic mass is 19.4. The Labute approximate surface area is 184 Å². The predicted molar refractivity (Wildman–Crippen MR) is 110 cm³/mol. The van der Waals surface area contributed by atoms with E-state index in [4.69, 9.17) is 19.4 Å². The fraction of sp³-hybridized carbons (Fsp3) is 0.545. The summed E-state index contributed by atoms with van der Waals surface area (Å²) in [6.07, 6.45) is 2.43. The Balaban J connectivity index is 0.000000360. The summed E-state index contributed by atoms with van der Waals surface area (Å²) in [6.45, 7) is 4.56. The lowest BCUT2D eigenvalue weighted by atomic mass is 9.88. The zero-order valence-corrected chi connectivity index (χ0v) is 17.9. The van der Waals surface area contributed by atoms with Crippen molar-refractivity contribution < 1.29 is 32.5 Å². The number of hydrogen-bond donors (Lipinski definition) is 1. The van der Waals surface area contributed by atoms with Crippen LogP contribution in [0.5, 0.6) is 0 Å². The monoisotopic (exact) mass is 455 g/mol. The molecule has 0 bridgehead atoms. The number of halogens is 3. The first-order valence-electron chi connectivity index (χ1n) is 10.4. The van der Waals surface area contributed by atoms with Crippen LogP contribution < -0.4 is 0 Å². The number of alkyl halides is 3. The summed E-state index contributed by atoms with van der Waals surface area (Å²) in [7, 11) is 1.97. The maximum Gasteiger partial charge on any atom is 0.490 e. The second kappa shape index (κ2) is 10.5. The van der Waals surface area contributed by atoms with E-state index in [0.717, 1.165) is 45.5 Å². The van der Waals surface area contributed by atoms with Gasteiger partial charge in [0.05, 0.1) is 31.1 Å². The topological polar surface area (TPSA) is 76.8 Å². The third kappa shape index (κ3) is 7.04. The first-order chi connectivity index (χ1) is 15.2. The summed E-state index contributed by atoms with van der Waals surface area (Å²) in [6, 6.07) is 10.4. The van der Waals surface area contributed by atoms with Gasteiger partial charge in [0.15, 0.2) is 0 Å². The average molecular weight is 455 g/mol. The lowest BCUT2D eigenvalue weighted by Gasteiger charge is -2.38. The summed E-state index contributed by atoms with van der Waals surface area (Å²) in [4.78, 5) is 11.4. The summed E-state index contributed by atoms with van der Waals surface area (Å²) >= 11 is 0. The van der Waals surface area contributed by atoms with E-state index >= 15 is 0 Å². The van der Waals surface area contributed by atoms with Gasteiger partial charge in [-0.2, -0.15) is 18.3 Å². The maximum absolute atomic E-state index is 10.6. The van der Waals surface area contributed by atoms with E-state index in [-0.39, 0.29) is 11.7 Å². The molecule has 32 heavy (non-hydrogen) atoms. The fourth-order valence-corrected chi connectivity index (χ4v) is 3.98. The molecule has 0 amide bonds. The van der Waals surface area contributed by atoms with E-state index in [0.29, 0.717) is 6.61 Å². The molecule has 2 aliphatic rings. The lowest BCUT2D eigenvalue weighted by molar-refractivity contribution is -0.192. The zero-order chi connectivity index (χ0) is 23.2. The van der Waals surface area contributed by atoms with Crippen LogP contribution in [-0.2, 0) is 34.5 Å². The molecule has 3 heterocycles. The van der Waals surface area contributed by atoms with Crippen molar-refractivity contribution in [3.8, 4) is 0 Å². The van der Waals surface area contributed by atoms with E-state index < -0.39 is 12.1 Å². The molecule has 1 aromatic carbocycles. The SMILES string of the molecule is Cn1cc(CN2CCC3(CC2)CC(OCc2ccccc2)CO3)cn1.O=C(O)C(F)(F)F. The number of likely N-dealkylation sites (tertiary alicyclic amines) is 1. The van der Waals surface area contributed by atoms with Crippen molar-refractivity contribution in [2.45, 2.75) is 50.3 Å². The number of carbonyl (C=O) groups is 1. The van der Waals surface area contributed by atoms with Crippen LogP contribution in [0.4, 0.5) is 13.2 Å². The van der Waals surface area contributed by atoms with Crippen LogP contribution in [0.2, 0.25) is 0 Å². The summed E-state index contributed by atoms with van der Waals surface area (Å²) < 4.78 is 45.9. The van der Waals surface area contributed by atoms with E-state index in [1.54, 1.807) is 0 Å². The van der Waals surface area contributed by atoms with Crippen molar-refractivity contribution in [1.29, 1.82) is 0 Å². The summed E-state index contributed by atoms with van der Waals surface area (Å²) in [5.74, 6) is -2.76. The van der Waals surface area contributed by atoms with Gasteiger partial charge in [-0.15, -0.1) is 0 Å². The van der Waals surface area contributed by atoms with Crippen molar-refractivity contribution in [2.24, 2.45) is 7.05 Å². The van der Waals surface area contributed by atoms with Crippen LogP contribution in [0.15, 0.2) is 42.7 Å². The minimum absolute atomic E-state index is 0.0345. The van der Waals surface area contributed by atoms with Crippen molar-refractivity contribution in [3.63, 3.8) is 0 Å². The lowest BCUT2D eigenvalue weighted by Crippen LogP contribution is -2.43. The van der Waals surface area contributed by atoms with Gasteiger partial charge in [0.25, 0.3) is 0 Å². The molecule has 2 saturated heterocycles. The largest absolute Gasteiger partial charge is 0.490 e. The van der Waals surface area contributed by atoms with E-state index in [9.17, 15) is 13.2 Å². The number of rotatable bonds is 5. The van der Waals surface area contributed by atoms with E-state index in [1.807, 2.05) is 24.0 Å². The molecule has 2 fully saturated rings. The quantitative estimate of drug-likeness (QED) is 0.745. The van der Waals surface area contributed by atoms with Gasteiger partial charge < -0.3 is 14.6 Å². The Bertz CT molecular complexity index is 865. The summed E-state index contributed by atoms with van der Waals surface area (Å²) in [5.41, 5.74) is 2.55. The zero-order valence-electron chi connectivity index (χ0n) is 17.9. The van der Waals surface area contributed by atoms with Gasteiger partial charge in [-0.1, -0.05) is 30.3 Å². The number of carboxylic acid groups (broad SMARTS) is 1. The molecule has 4 rings (SSSR count). The van der Waals surface area contributed by atoms with Crippen molar-refractivity contribution in [2.75, 3.05) is 19.7 Å². The van der Waals surface area contributed by atoms with Crippen LogP contribution in [0, 0.1) is 0 Å². The Kier molecular flexibility index (Phi) is 7.91. The molecule has 7 nitrogen and oxygen atoms in total. The fourth-order valence-electron chi connectivity index (χ4n) is 3.98. The van der Waals surface area contributed by atoms with Crippen molar-refractivity contribution in [3.05, 3.63) is 53.9 Å². The molecule has 0 saturated carbocycles. The first-order valence-corrected chi connectivity index (χ1v) is 10.4. The maximum atomic E-state index is 10.6. The van der Waals surface area contributed by atoms with Crippen LogP contribution in [0.25, 0.3) is 0 Å². The molecule has 0 radical (unpaired) electrons. The molecule has 1 aromatic heterocycles. The third-order valence-electron chi connectivity index (χ3n) is 5.68. The van der Waals surface area contributed by atoms with E-state index in [2.05, 4.69) is 40.5 Å². The molecule has 0 aliphatic carbocycles. The van der Waals surface area contributed by atoms with Crippen molar-refractivity contribution >= 4 is 5.97 Å². The molecular weight excluding hydrogens is 427 g/mol. The normalized spacial score (nSPS) is 20.7. The first kappa shape index (κ1) is 24.2. The van der Waals surface area contributed by atoms with Gasteiger partial charge in [0.1, 0.15) is 0 Å². The molecule has 1 N–H and O–H groups in total. The predicted octanol–water partition coefficient (Wildman–Crippen LogP) is 3.39. The number of aliphatic carboxylic acids is 1. The average Bonchev–Trinajstić information content (AvgIpc) is 3.35. The molecule has 2 aliphatic heterocycles. The van der Waals surface area contributed by atoms with Crippen molar-refractivity contribution in [1.82, 2.24) is 14.7 Å². The highest BCUT2D eigenvalue weighted by Crippen LogP contribution is 2.37. The number of piperidine rings is 1. The van der Waals surface area contributed by atoms with Crippen LogP contribution >= 0.6 is 0 Å². The molecule has 2 aromatic rings. The number of nitrogens with zero attached hydrogens (tertiary/aromatic N) is 3. The molecule has 10 heteroatoms.